The van der Waals surface area contributed by atoms with Gasteiger partial charge in [-0.1, -0.05) is 109 Å². The summed E-state index contributed by atoms with van der Waals surface area (Å²) in [5.41, 5.74) is 10.9. The van der Waals surface area contributed by atoms with Gasteiger partial charge in [0.2, 0.25) is 0 Å². The molecule has 0 aliphatic heterocycles. The molecule has 0 fully saturated rings. The van der Waals surface area contributed by atoms with E-state index in [1.54, 1.807) is 0 Å². The van der Waals surface area contributed by atoms with E-state index in [4.69, 9.17) is 9.97 Å². The Kier molecular flexibility index (Phi) is 5.07. The van der Waals surface area contributed by atoms with Gasteiger partial charge in [-0.25, -0.2) is 24.9 Å². The molecule has 0 spiro atoms. The van der Waals surface area contributed by atoms with Gasteiger partial charge in [0.15, 0.2) is 11.6 Å². The predicted molar refractivity (Wildman–Crippen MR) is 159 cm³/mol. The second-order valence-electron chi connectivity index (χ2n) is 9.80. The number of nitrogens with zero attached hydrogens (tertiary/aromatic N) is 5. The minimum Gasteiger partial charge on any atom is -0.228 e. The Morgan fingerprint density at radius 1 is 0.400 bits per heavy atom. The van der Waals surface area contributed by atoms with E-state index in [1.807, 2.05) is 30.3 Å². The number of fused-ring (bicyclic) bond motifs is 3. The summed E-state index contributed by atoms with van der Waals surface area (Å²) in [5, 5.41) is 2.48. The highest BCUT2D eigenvalue weighted by Gasteiger charge is 2.23. The van der Waals surface area contributed by atoms with E-state index in [2.05, 4.69) is 99.9 Å². The highest BCUT2D eigenvalue weighted by Crippen LogP contribution is 2.49. The lowest BCUT2D eigenvalue weighted by Crippen LogP contribution is -1.96. The number of benzene rings is 5. The van der Waals surface area contributed by atoms with Crippen LogP contribution in [0.15, 0.2) is 128 Å². The van der Waals surface area contributed by atoms with E-state index in [0.29, 0.717) is 11.6 Å². The fourth-order valence-corrected chi connectivity index (χ4v) is 5.66. The highest BCUT2D eigenvalue weighted by atomic mass is 15.0. The second kappa shape index (κ2) is 9.03. The van der Waals surface area contributed by atoms with Crippen LogP contribution in [-0.4, -0.2) is 24.9 Å². The van der Waals surface area contributed by atoms with Gasteiger partial charge in [-0.05, 0) is 39.1 Å². The molecule has 8 rings (SSSR count). The van der Waals surface area contributed by atoms with Crippen molar-refractivity contribution in [1.82, 2.24) is 24.9 Å². The van der Waals surface area contributed by atoms with Crippen LogP contribution in [0.25, 0.3) is 78.3 Å². The lowest BCUT2D eigenvalue weighted by atomic mass is 9.96. The second-order valence-corrected chi connectivity index (χ2v) is 9.80. The Balaban J connectivity index is 1.32. The summed E-state index contributed by atoms with van der Waals surface area (Å²) in [6, 6.07) is 40.0. The third-order valence-electron chi connectivity index (χ3n) is 7.51. The van der Waals surface area contributed by atoms with Crippen LogP contribution in [0.1, 0.15) is 0 Å². The van der Waals surface area contributed by atoms with E-state index in [-0.39, 0.29) is 0 Å². The van der Waals surface area contributed by atoms with Crippen molar-refractivity contribution in [3.63, 3.8) is 0 Å². The smallest absolute Gasteiger partial charge is 0.162 e. The van der Waals surface area contributed by atoms with Crippen molar-refractivity contribution in [3.05, 3.63) is 128 Å². The summed E-state index contributed by atoms with van der Waals surface area (Å²) in [7, 11) is 0. The molecule has 0 N–H and O–H groups in total. The minimum atomic E-state index is 0.642. The maximum absolute atomic E-state index is 5.11. The predicted octanol–water partition coefficient (Wildman–Crippen LogP) is 8.13. The van der Waals surface area contributed by atoms with Crippen LogP contribution in [0.3, 0.4) is 0 Å². The van der Waals surface area contributed by atoms with Crippen LogP contribution in [0.5, 0.6) is 0 Å². The van der Waals surface area contributed by atoms with E-state index in [0.717, 1.165) is 33.6 Å². The minimum absolute atomic E-state index is 0.642. The van der Waals surface area contributed by atoms with Gasteiger partial charge in [0.05, 0.1) is 11.4 Å². The fourth-order valence-electron chi connectivity index (χ4n) is 5.66. The zero-order valence-corrected chi connectivity index (χ0v) is 21.4. The first-order valence-corrected chi connectivity index (χ1v) is 13.2. The van der Waals surface area contributed by atoms with Crippen molar-refractivity contribution in [2.24, 2.45) is 0 Å². The maximum atomic E-state index is 5.11. The van der Waals surface area contributed by atoms with Gasteiger partial charge in [0, 0.05) is 22.3 Å². The van der Waals surface area contributed by atoms with Gasteiger partial charge in [-0.2, -0.15) is 0 Å². The van der Waals surface area contributed by atoms with Gasteiger partial charge in [0.25, 0.3) is 0 Å². The molecule has 5 nitrogen and oxygen atoms in total. The maximum Gasteiger partial charge on any atom is 0.162 e. The number of hydrogen-bond acceptors (Lipinski definition) is 5. The molecule has 5 heteroatoms. The quantitative estimate of drug-likeness (QED) is 0.239. The average Bonchev–Trinajstić information content (AvgIpc) is 3.37. The SMILES string of the molecule is c1ccc(-c2nc(-c3ccc(-c4ncncn4)cc3)cc(-c3ccc4c5c(cccc35)-c3ccccc3-4)n2)cc1. The lowest BCUT2D eigenvalue weighted by Gasteiger charge is -2.12. The van der Waals surface area contributed by atoms with Crippen LogP contribution < -0.4 is 0 Å². The Bertz CT molecular complexity index is 2010. The van der Waals surface area contributed by atoms with Crippen LogP contribution >= 0.6 is 0 Å². The summed E-state index contributed by atoms with van der Waals surface area (Å²) in [6.07, 6.45) is 3.02. The zero-order valence-electron chi connectivity index (χ0n) is 21.4. The molecule has 2 aromatic heterocycles. The van der Waals surface area contributed by atoms with Crippen LogP contribution in [-0.2, 0) is 0 Å². The highest BCUT2D eigenvalue weighted by molar-refractivity contribution is 6.18. The van der Waals surface area contributed by atoms with Crippen molar-refractivity contribution >= 4 is 10.8 Å². The van der Waals surface area contributed by atoms with Gasteiger partial charge in [0.1, 0.15) is 12.7 Å². The summed E-state index contributed by atoms with van der Waals surface area (Å²) < 4.78 is 0. The van der Waals surface area contributed by atoms with Crippen molar-refractivity contribution in [3.8, 4) is 67.5 Å². The van der Waals surface area contributed by atoms with Crippen LogP contribution in [0, 0.1) is 0 Å². The molecule has 1 aliphatic carbocycles. The Labute approximate surface area is 230 Å². The van der Waals surface area contributed by atoms with Crippen molar-refractivity contribution in [1.29, 1.82) is 0 Å². The number of hydrogen-bond donors (Lipinski definition) is 0. The summed E-state index contributed by atoms with van der Waals surface area (Å²) in [6.45, 7) is 0. The molecule has 186 valence electrons. The lowest BCUT2D eigenvalue weighted by molar-refractivity contribution is 1.06. The monoisotopic (exact) mass is 511 g/mol. The molecule has 7 aromatic rings. The van der Waals surface area contributed by atoms with E-state index in [1.165, 1.54) is 45.7 Å². The third kappa shape index (κ3) is 3.60. The zero-order chi connectivity index (χ0) is 26.5. The normalized spacial score (nSPS) is 11.5. The molecular formula is C35H21N5. The summed E-state index contributed by atoms with van der Waals surface area (Å²) in [5.74, 6) is 1.34. The average molecular weight is 512 g/mol. The first-order chi connectivity index (χ1) is 19.8. The Morgan fingerprint density at radius 2 is 1.00 bits per heavy atom. The topological polar surface area (TPSA) is 64.5 Å². The first-order valence-electron chi connectivity index (χ1n) is 13.2. The van der Waals surface area contributed by atoms with E-state index < -0.39 is 0 Å². The molecule has 40 heavy (non-hydrogen) atoms. The molecule has 0 atom stereocenters. The molecule has 2 heterocycles. The fraction of sp³-hybridized carbons (Fsp3) is 0. The van der Waals surface area contributed by atoms with Crippen molar-refractivity contribution in [2.75, 3.05) is 0 Å². The molecule has 0 amide bonds. The number of aromatic nitrogens is 5. The van der Waals surface area contributed by atoms with Crippen molar-refractivity contribution in [2.45, 2.75) is 0 Å². The molecular weight excluding hydrogens is 490 g/mol. The van der Waals surface area contributed by atoms with Crippen LogP contribution in [0.2, 0.25) is 0 Å². The summed E-state index contributed by atoms with van der Waals surface area (Å²) in [4.78, 5) is 22.6. The van der Waals surface area contributed by atoms with Gasteiger partial charge in [-0.15, -0.1) is 0 Å². The standard InChI is InChI=1S/C35H21N5/c1-2-7-23(8-3-1)35-39-31(22-13-15-24(16-14-22)34-37-20-36-21-38-34)19-32(40-35)27-17-18-30-26-10-5-4-9-25(26)28-11-6-12-29(27)33(28)30/h1-21H. The molecule has 0 bridgehead atoms. The summed E-state index contributed by atoms with van der Waals surface area (Å²) >= 11 is 0. The largest absolute Gasteiger partial charge is 0.228 e. The molecule has 1 aliphatic rings. The molecule has 5 aromatic carbocycles. The van der Waals surface area contributed by atoms with Crippen LogP contribution in [0.4, 0.5) is 0 Å². The third-order valence-corrected chi connectivity index (χ3v) is 7.51. The van der Waals surface area contributed by atoms with Gasteiger partial charge in [-0.3, -0.25) is 0 Å². The first kappa shape index (κ1) is 22.4. The molecule has 0 unspecified atom stereocenters. The molecule has 0 saturated heterocycles. The van der Waals surface area contributed by atoms with E-state index >= 15 is 0 Å². The molecule has 0 radical (unpaired) electrons. The van der Waals surface area contributed by atoms with Crippen molar-refractivity contribution < 1.29 is 0 Å². The number of rotatable bonds is 4. The Hall–Kier alpha value is -5.55. The molecule has 0 saturated carbocycles. The Morgan fingerprint density at radius 3 is 1.77 bits per heavy atom. The van der Waals surface area contributed by atoms with E-state index in [9.17, 15) is 0 Å². The van der Waals surface area contributed by atoms with Gasteiger partial charge < -0.3 is 0 Å². The van der Waals surface area contributed by atoms with Gasteiger partial charge >= 0.3 is 0 Å².